The number of nitrogens with one attached hydrogen (secondary N) is 1. The molecule has 5 rings (SSSR count). The van der Waals surface area contributed by atoms with E-state index >= 15 is 0 Å². The zero-order valence-electron chi connectivity index (χ0n) is 22.3. The van der Waals surface area contributed by atoms with Crippen LogP contribution in [-0.4, -0.2) is 78.4 Å². The van der Waals surface area contributed by atoms with Crippen LogP contribution in [0.15, 0.2) is 24.3 Å². The van der Waals surface area contributed by atoms with Crippen molar-refractivity contribution in [2.45, 2.75) is 64.5 Å². The Kier molecular flexibility index (Phi) is 7.77. The molecular formula is C28H39ClN6O2. The first-order valence-corrected chi connectivity index (χ1v) is 14.0. The van der Waals surface area contributed by atoms with Crippen molar-refractivity contribution in [3.8, 4) is 11.4 Å². The summed E-state index contributed by atoms with van der Waals surface area (Å²) >= 11 is 6.62. The lowest BCUT2D eigenvalue weighted by atomic mass is 10.1. The van der Waals surface area contributed by atoms with Gasteiger partial charge >= 0.3 is 6.09 Å². The molecule has 8 nitrogen and oxygen atoms in total. The Bertz CT molecular complexity index is 1100. The zero-order chi connectivity index (χ0) is 26.0. The second kappa shape index (κ2) is 11.0. The highest BCUT2D eigenvalue weighted by Crippen LogP contribution is 2.34. The van der Waals surface area contributed by atoms with Crippen molar-refractivity contribution in [3.63, 3.8) is 0 Å². The molecule has 1 aromatic heterocycles. The molecule has 1 N–H and O–H groups in total. The number of aromatic nitrogens is 2. The van der Waals surface area contributed by atoms with Gasteiger partial charge in [-0.1, -0.05) is 11.6 Å². The van der Waals surface area contributed by atoms with Crippen molar-refractivity contribution in [1.29, 1.82) is 0 Å². The molecule has 0 aliphatic carbocycles. The van der Waals surface area contributed by atoms with Crippen molar-refractivity contribution in [2.75, 3.05) is 55.6 Å². The molecule has 0 radical (unpaired) electrons. The van der Waals surface area contributed by atoms with Crippen LogP contribution in [0.4, 0.5) is 16.3 Å². The number of fused-ring (bicyclic) bond motifs is 1. The Morgan fingerprint density at radius 1 is 1.08 bits per heavy atom. The van der Waals surface area contributed by atoms with Crippen LogP contribution >= 0.6 is 11.6 Å². The topological polar surface area (TPSA) is 73.8 Å². The molecule has 9 heteroatoms. The van der Waals surface area contributed by atoms with Gasteiger partial charge in [0.25, 0.3) is 0 Å². The molecule has 3 aliphatic rings. The molecule has 1 aromatic carbocycles. The number of amides is 1. The van der Waals surface area contributed by atoms with E-state index < -0.39 is 5.60 Å². The Hall–Kier alpha value is -2.58. The van der Waals surface area contributed by atoms with Crippen LogP contribution in [0.3, 0.4) is 0 Å². The summed E-state index contributed by atoms with van der Waals surface area (Å²) in [4.78, 5) is 28.9. The molecule has 2 fully saturated rings. The number of anilines is 2. The first kappa shape index (κ1) is 26.0. The van der Waals surface area contributed by atoms with Gasteiger partial charge in [-0.15, -0.1) is 0 Å². The third kappa shape index (κ3) is 6.47. The van der Waals surface area contributed by atoms with E-state index in [0.717, 1.165) is 74.6 Å². The van der Waals surface area contributed by atoms with Gasteiger partial charge in [0.1, 0.15) is 16.6 Å². The lowest BCUT2D eigenvalue weighted by molar-refractivity contribution is 0.0509. The molecule has 37 heavy (non-hydrogen) atoms. The number of hydrogen-bond donors (Lipinski definition) is 1. The van der Waals surface area contributed by atoms with Crippen LogP contribution in [0.1, 0.15) is 52.0 Å². The zero-order valence-corrected chi connectivity index (χ0v) is 23.1. The highest BCUT2D eigenvalue weighted by molar-refractivity contribution is 6.30. The first-order valence-electron chi connectivity index (χ1n) is 13.6. The molecule has 2 saturated heterocycles. The minimum absolute atomic E-state index is 0.0739. The lowest BCUT2D eigenvalue weighted by Gasteiger charge is -2.22. The normalized spacial score (nSPS) is 19.9. The number of carbonyl (C=O) groups is 1. The standard InChI is InChI=1S/C28H39ClN6O2/c1-28(2,3)37-27(36)30-21-11-17-35(19-21)22-9-7-20(8-10-22)25-31-24(29)23-12-18-34(26(23)32-25)16-6-15-33-13-4-5-14-33/h7-10,21H,4-6,11-19H2,1-3H3,(H,30,36)/t21-/m1/s1. The van der Waals surface area contributed by atoms with Gasteiger partial charge in [-0.2, -0.15) is 0 Å². The second-order valence-electron chi connectivity index (χ2n) is 11.4. The van der Waals surface area contributed by atoms with Crippen LogP contribution in [0.5, 0.6) is 0 Å². The molecule has 0 saturated carbocycles. The van der Waals surface area contributed by atoms with Crippen LogP contribution in [-0.2, 0) is 11.2 Å². The van der Waals surface area contributed by atoms with Crippen molar-refractivity contribution >= 4 is 29.2 Å². The van der Waals surface area contributed by atoms with Gasteiger partial charge in [-0.25, -0.2) is 14.8 Å². The Labute approximate surface area is 225 Å². The lowest BCUT2D eigenvalue weighted by Crippen LogP contribution is -2.40. The summed E-state index contributed by atoms with van der Waals surface area (Å²) in [5, 5.41) is 3.56. The number of alkyl carbamates (subject to hydrolysis) is 1. The van der Waals surface area contributed by atoms with Gasteiger partial charge < -0.3 is 24.8 Å². The molecule has 0 bridgehead atoms. The fraction of sp³-hybridized carbons (Fsp3) is 0.607. The fourth-order valence-electron chi connectivity index (χ4n) is 5.52. The van der Waals surface area contributed by atoms with E-state index in [1.54, 1.807) is 0 Å². The van der Waals surface area contributed by atoms with Crippen LogP contribution < -0.4 is 15.1 Å². The highest BCUT2D eigenvalue weighted by Gasteiger charge is 2.28. The average molecular weight is 527 g/mol. The molecule has 1 amide bonds. The van der Waals surface area contributed by atoms with E-state index in [0.29, 0.717) is 11.0 Å². The van der Waals surface area contributed by atoms with E-state index in [-0.39, 0.29) is 12.1 Å². The maximum Gasteiger partial charge on any atom is 0.407 e. The number of rotatable bonds is 7. The summed E-state index contributed by atoms with van der Waals surface area (Å²) in [6.45, 7) is 12.9. The monoisotopic (exact) mass is 526 g/mol. The SMILES string of the molecule is CC(C)(C)OC(=O)N[C@@H]1CCN(c2ccc(-c3nc(Cl)c4c(n3)N(CCCN3CCCC3)CC4)cc2)C1. The summed E-state index contributed by atoms with van der Waals surface area (Å²) in [6, 6.07) is 8.40. The molecule has 3 aliphatic heterocycles. The predicted octanol–water partition coefficient (Wildman–Crippen LogP) is 4.75. The smallest absolute Gasteiger partial charge is 0.407 e. The van der Waals surface area contributed by atoms with Gasteiger partial charge in [-0.05, 0) is 96.8 Å². The number of halogens is 1. The molecule has 2 aromatic rings. The third-order valence-electron chi connectivity index (χ3n) is 7.37. The van der Waals surface area contributed by atoms with E-state index in [2.05, 4.69) is 49.3 Å². The Morgan fingerprint density at radius 3 is 2.57 bits per heavy atom. The van der Waals surface area contributed by atoms with Gasteiger partial charge in [0, 0.05) is 43.0 Å². The summed E-state index contributed by atoms with van der Waals surface area (Å²) in [6.07, 6.45) is 5.25. The van der Waals surface area contributed by atoms with E-state index in [4.69, 9.17) is 21.3 Å². The van der Waals surface area contributed by atoms with Crippen molar-refractivity contribution in [1.82, 2.24) is 20.2 Å². The van der Waals surface area contributed by atoms with Gasteiger partial charge in [0.2, 0.25) is 0 Å². The van der Waals surface area contributed by atoms with Crippen LogP contribution in [0.25, 0.3) is 11.4 Å². The van der Waals surface area contributed by atoms with Crippen molar-refractivity contribution in [2.24, 2.45) is 0 Å². The summed E-state index contributed by atoms with van der Waals surface area (Å²) in [7, 11) is 0. The first-order chi connectivity index (χ1) is 17.7. The Balaban J connectivity index is 1.20. The van der Waals surface area contributed by atoms with Crippen molar-refractivity contribution < 1.29 is 9.53 Å². The molecule has 1 atom stereocenters. The maximum atomic E-state index is 12.1. The minimum Gasteiger partial charge on any atom is -0.444 e. The summed E-state index contributed by atoms with van der Waals surface area (Å²) in [5.74, 6) is 1.67. The van der Waals surface area contributed by atoms with Crippen LogP contribution in [0.2, 0.25) is 5.15 Å². The quantitative estimate of drug-likeness (QED) is 0.522. The fourth-order valence-corrected chi connectivity index (χ4v) is 5.78. The molecule has 4 heterocycles. The molecule has 0 unspecified atom stereocenters. The molecular weight excluding hydrogens is 488 g/mol. The number of ether oxygens (including phenoxy) is 1. The van der Waals surface area contributed by atoms with E-state index in [1.807, 2.05) is 20.8 Å². The molecule has 0 spiro atoms. The summed E-state index contributed by atoms with van der Waals surface area (Å²) < 4.78 is 5.40. The van der Waals surface area contributed by atoms with Gasteiger partial charge in [0.05, 0.1) is 6.04 Å². The molecule has 200 valence electrons. The second-order valence-corrected chi connectivity index (χ2v) is 11.8. The van der Waals surface area contributed by atoms with Crippen LogP contribution in [0, 0.1) is 0 Å². The summed E-state index contributed by atoms with van der Waals surface area (Å²) in [5.41, 5.74) is 2.66. The third-order valence-corrected chi connectivity index (χ3v) is 7.68. The highest BCUT2D eigenvalue weighted by atomic mass is 35.5. The predicted molar refractivity (Wildman–Crippen MR) is 149 cm³/mol. The van der Waals surface area contributed by atoms with Gasteiger partial charge in [0.15, 0.2) is 5.82 Å². The number of carbonyl (C=O) groups excluding carboxylic acids is 1. The Morgan fingerprint density at radius 2 is 1.84 bits per heavy atom. The minimum atomic E-state index is -0.495. The number of hydrogen-bond acceptors (Lipinski definition) is 7. The number of nitrogens with zero attached hydrogens (tertiary/aromatic N) is 5. The van der Waals surface area contributed by atoms with Gasteiger partial charge in [-0.3, -0.25) is 0 Å². The average Bonchev–Trinajstić information content (AvgIpc) is 3.60. The van der Waals surface area contributed by atoms with Crippen molar-refractivity contribution in [3.05, 3.63) is 35.0 Å². The largest absolute Gasteiger partial charge is 0.444 e. The number of benzene rings is 1. The van der Waals surface area contributed by atoms with E-state index in [9.17, 15) is 4.79 Å². The maximum absolute atomic E-state index is 12.1. The number of likely N-dealkylation sites (tertiary alicyclic amines) is 1. The van der Waals surface area contributed by atoms with E-state index in [1.165, 1.54) is 25.9 Å².